The molecular weight excluding hydrogens is 488 g/mol. The molecule has 166 valence electrons. The van der Waals surface area contributed by atoms with Crippen LogP contribution in [0.5, 0.6) is 17.2 Å². The number of carbonyl (C=O) groups excluding carboxylic acids is 1. The zero-order valence-corrected chi connectivity index (χ0v) is 19.1. The van der Waals surface area contributed by atoms with E-state index in [2.05, 4.69) is 31.1 Å². The fourth-order valence-corrected chi connectivity index (χ4v) is 4.64. The minimum absolute atomic E-state index is 0.0299. The van der Waals surface area contributed by atoms with Gasteiger partial charge in [0, 0.05) is 30.1 Å². The third kappa shape index (κ3) is 3.50. The highest BCUT2D eigenvalue weighted by Gasteiger charge is 2.43. The number of methoxy groups -OCH3 is 1. The normalized spacial score (nSPS) is 15.0. The molecule has 2 aromatic carbocycles. The number of H-pyrrole nitrogens is 1. The quantitative estimate of drug-likeness (QED) is 0.369. The van der Waals surface area contributed by atoms with Crippen molar-refractivity contribution in [3.8, 4) is 28.5 Å². The number of aromatic hydroxyl groups is 2. The van der Waals surface area contributed by atoms with Crippen molar-refractivity contribution in [3.63, 3.8) is 0 Å². The van der Waals surface area contributed by atoms with Crippen LogP contribution in [-0.2, 0) is 6.54 Å². The molecule has 2 aromatic heterocycles. The lowest BCUT2D eigenvalue weighted by Gasteiger charge is -2.27. The standard InChI is InChI=1S/C24H19BrN4O4/c1-33-18-10-14(9-16(25)23(18)31)22-19-20(15-6-2-3-7-17(15)30)27-28-21(19)24(32)29(22)12-13-5-4-8-26-11-13/h2-11,22,30-31H,12H2,1H3,(H,27,28). The molecule has 3 heterocycles. The van der Waals surface area contributed by atoms with Crippen LogP contribution in [0.4, 0.5) is 0 Å². The lowest BCUT2D eigenvalue weighted by molar-refractivity contribution is 0.0729. The summed E-state index contributed by atoms with van der Waals surface area (Å²) in [7, 11) is 1.47. The van der Waals surface area contributed by atoms with Crippen LogP contribution in [-0.4, -0.2) is 43.3 Å². The first-order chi connectivity index (χ1) is 16.0. The number of halogens is 1. The van der Waals surface area contributed by atoms with Crippen LogP contribution >= 0.6 is 15.9 Å². The topological polar surface area (TPSA) is 112 Å². The fraction of sp³-hybridized carbons (Fsp3) is 0.125. The molecule has 0 radical (unpaired) electrons. The maximum atomic E-state index is 13.5. The number of aromatic amines is 1. The number of phenolic OH excluding ortho intramolecular Hbond substituents is 2. The number of hydrogen-bond acceptors (Lipinski definition) is 6. The van der Waals surface area contributed by atoms with Crippen LogP contribution in [0.15, 0.2) is 65.4 Å². The van der Waals surface area contributed by atoms with Gasteiger partial charge in [-0.25, -0.2) is 0 Å². The van der Waals surface area contributed by atoms with Gasteiger partial charge in [-0.15, -0.1) is 0 Å². The van der Waals surface area contributed by atoms with Crippen molar-refractivity contribution in [2.45, 2.75) is 12.6 Å². The van der Waals surface area contributed by atoms with Gasteiger partial charge in [-0.05, 0) is 57.4 Å². The van der Waals surface area contributed by atoms with E-state index in [1.165, 1.54) is 7.11 Å². The maximum Gasteiger partial charge on any atom is 0.273 e. The Hall–Kier alpha value is -3.85. The van der Waals surface area contributed by atoms with E-state index in [0.717, 1.165) is 5.56 Å². The van der Waals surface area contributed by atoms with E-state index in [0.29, 0.717) is 39.1 Å². The van der Waals surface area contributed by atoms with E-state index in [4.69, 9.17) is 4.74 Å². The molecule has 1 aliphatic rings. The first kappa shape index (κ1) is 21.0. The first-order valence-corrected chi connectivity index (χ1v) is 10.9. The number of hydrogen-bond donors (Lipinski definition) is 3. The molecule has 1 aliphatic heterocycles. The van der Waals surface area contributed by atoms with Crippen molar-refractivity contribution in [3.05, 3.63) is 87.8 Å². The Balaban J connectivity index is 1.71. The molecule has 0 saturated carbocycles. The third-order valence-corrected chi connectivity index (χ3v) is 6.29. The minimum atomic E-state index is -0.549. The van der Waals surface area contributed by atoms with Crippen LogP contribution in [0.3, 0.4) is 0 Å². The second-order valence-corrected chi connectivity index (χ2v) is 8.48. The van der Waals surface area contributed by atoms with Crippen molar-refractivity contribution in [2.75, 3.05) is 7.11 Å². The Morgan fingerprint density at radius 1 is 1.18 bits per heavy atom. The zero-order valence-electron chi connectivity index (χ0n) is 17.5. The lowest BCUT2D eigenvalue weighted by atomic mass is 9.95. The summed E-state index contributed by atoms with van der Waals surface area (Å²) in [5, 5.41) is 28.1. The number of nitrogens with zero attached hydrogens (tertiary/aromatic N) is 3. The van der Waals surface area contributed by atoms with Crippen LogP contribution in [0.1, 0.15) is 33.2 Å². The Kier molecular flexibility index (Phi) is 5.26. The first-order valence-electron chi connectivity index (χ1n) is 10.1. The number of benzene rings is 2. The molecule has 5 rings (SSSR count). The van der Waals surface area contributed by atoms with Crippen molar-refractivity contribution in [2.24, 2.45) is 0 Å². The van der Waals surface area contributed by atoms with Crippen molar-refractivity contribution in [1.82, 2.24) is 20.1 Å². The maximum absolute atomic E-state index is 13.5. The number of para-hydroxylation sites is 1. The number of ether oxygens (including phenoxy) is 1. The van der Waals surface area contributed by atoms with Gasteiger partial charge in [0.25, 0.3) is 5.91 Å². The van der Waals surface area contributed by atoms with E-state index in [9.17, 15) is 15.0 Å². The van der Waals surface area contributed by atoms with Gasteiger partial charge in [0.2, 0.25) is 0 Å². The molecule has 9 heteroatoms. The second-order valence-electron chi connectivity index (χ2n) is 7.63. The summed E-state index contributed by atoms with van der Waals surface area (Å²) in [6.07, 6.45) is 3.39. The molecule has 1 unspecified atom stereocenters. The van der Waals surface area contributed by atoms with Crippen LogP contribution in [0, 0.1) is 0 Å². The highest BCUT2D eigenvalue weighted by Crippen LogP contribution is 2.47. The number of nitrogens with one attached hydrogen (secondary N) is 1. The predicted molar refractivity (Wildman–Crippen MR) is 124 cm³/mol. The number of aromatic nitrogens is 3. The third-order valence-electron chi connectivity index (χ3n) is 5.69. The predicted octanol–water partition coefficient (Wildman–Crippen LogP) is 4.40. The summed E-state index contributed by atoms with van der Waals surface area (Å²) < 4.78 is 5.79. The molecule has 0 saturated heterocycles. The van der Waals surface area contributed by atoms with Gasteiger partial charge in [0.15, 0.2) is 11.5 Å². The zero-order chi connectivity index (χ0) is 23.1. The molecule has 0 spiro atoms. The van der Waals surface area contributed by atoms with Gasteiger partial charge in [0.1, 0.15) is 17.1 Å². The summed E-state index contributed by atoms with van der Waals surface area (Å²) in [5.41, 5.74) is 3.57. The van der Waals surface area contributed by atoms with E-state index in [-0.39, 0.29) is 23.2 Å². The molecule has 33 heavy (non-hydrogen) atoms. The number of amides is 1. The number of fused-ring (bicyclic) bond motifs is 1. The summed E-state index contributed by atoms with van der Waals surface area (Å²) in [6.45, 7) is 0.306. The Morgan fingerprint density at radius 3 is 2.73 bits per heavy atom. The van der Waals surface area contributed by atoms with E-state index >= 15 is 0 Å². The van der Waals surface area contributed by atoms with E-state index < -0.39 is 6.04 Å². The molecule has 1 atom stereocenters. The Bertz CT molecular complexity index is 1360. The molecule has 0 aliphatic carbocycles. The molecule has 1 amide bonds. The van der Waals surface area contributed by atoms with Gasteiger partial charge >= 0.3 is 0 Å². The number of phenols is 2. The highest BCUT2D eigenvalue weighted by atomic mass is 79.9. The molecular formula is C24H19BrN4O4. The average Bonchev–Trinajstić information content (AvgIpc) is 3.36. The number of carbonyl (C=O) groups is 1. The molecule has 3 N–H and O–H groups in total. The van der Waals surface area contributed by atoms with Gasteiger partial charge in [-0.2, -0.15) is 5.10 Å². The largest absolute Gasteiger partial charge is 0.507 e. The van der Waals surface area contributed by atoms with Gasteiger partial charge in [-0.3, -0.25) is 14.9 Å². The summed E-state index contributed by atoms with van der Waals surface area (Å²) in [4.78, 5) is 19.4. The van der Waals surface area contributed by atoms with Crippen LogP contribution < -0.4 is 4.74 Å². The van der Waals surface area contributed by atoms with Crippen LogP contribution in [0.25, 0.3) is 11.3 Å². The minimum Gasteiger partial charge on any atom is -0.507 e. The van der Waals surface area contributed by atoms with Gasteiger partial charge in [-0.1, -0.05) is 18.2 Å². The molecule has 0 bridgehead atoms. The van der Waals surface area contributed by atoms with Crippen LogP contribution in [0.2, 0.25) is 0 Å². The van der Waals surface area contributed by atoms with Gasteiger partial charge in [0.05, 0.1) is 17.6 Å². The second kappa shape index (κ2) is 8.25. The van der Waals surface area contributed by atoms with E-state index in [1.54, 1.807) is 53.7 Å². The highest BCUT2D eigenvalue weighted by molar-refractivity contribution is 9.10. The lowest BCUT2D eigenvalue weighted by Crippen LogP contribution is -2.29. The Labute approximate surface area is 197 Å². The summed E-state index contributed by atoms with van der Waals surface area (Å²) in [5.74, 6) is 0.0799. The smallest absolute Gasteiger partial charge is 0.273 e. The molecule has 8 nitrogen and oxygen atoms in total. The van der Waals surface area contributed by atoms with Gasteiger partial charge < -0.3 is 19.8 Å². The monoisotopic (exact) mass is 506 g/mol. The molecule has 0 fully saturated rings. The fourth-order valence-electron chi connectivity index (χ4n) is 4.18. The Morgan fingerprint density at radius 2 is 2.00 bits per heavy atom. The van der Waals surface area contributed by atoms with Crippen molar-refractivity contribution in [1.29, 1.82) is 0 Å². The SMILES string of the molecule is COc1cc(C2c3c(-c4ccccc4O)n[nH]c3C(=O)N2Cc2cccnc2)cc(Br)c1O. The summed E-state index contributed by atoms with van der Waals surface area (Å²) >= 11 is 3.39. The average molecular weight is 507 g/mol. The number of pyridine rings is 1. The number of rotatable bonds is 5. The van der Waals surface area contributed by atoms with Crippen molar-refractivity contribution < 1.29 is 19.7 Å². The van der Waals surface area contributed by atoms with Crippen molar-refractivity contribution >= 4 is 21.8 Å². The molecule has 4 aromatic rings. The summed E-state index contributed by atoms with van der Waals surface area (Å²) in [6, 6.07) is 13.5. The van der Waals surface area contributed by atoms with E-state index in [1.807, 2.05) is 12.1 Å².